The summed E-state index contributed by atoms with van der Waals surface area (Å²) in [6.07, 6.45) is 1.39. The molecule has 4 rings (SSSR count). The Labute approximate surface area is 196 Å². The quantitative estimate of drug-likeness (QED) is 0.424. The molecule has 0 N–H and O–H groups in total. The van der Waals surface area contributed by atoms with Crippen LogP contribution in [-0.2, 0) is 35.4 Å². The average molecular weight is 490 g/mol. The second kappa shape index (κ2) is 9.35. The monoisotopic (exact) mass is 489 g/mol. The summed E-state index contributed by atoms with van der Waals surface area (Å²) < 4.78 is 54.8. The van der Waals surface area contributed by atoms with Crippen molar-refractivity contribution in [2.45, 2.75) is 23.4 Å². The number of fused-ring (bicyclic) bond motifs is 1. The Kier molecular flexibility index (Phi) is 6.49. The average Bonchev–Trinajstić information content (AvgIpc) is 3.39. The number of Topliss-reactive ketones (excluding diaryl/α,β-unsaturated/α-hetero) is 1. The van der Waals surface area contributed by atoms with Gasteiger partial charge in [-0.1, -0.05) is 30.3 Å². The van der Waals surface area contributed by atoms with Crippen molar-refractivity contribution < 1.29 is 41.7 Å². The first kappa shape index (κ1) is 23.6. The summed E-state index contributed by atoms with van der Waals surface area (Å²) in [6, 6.07) is 8.64. The molecule has 0 aliphatic carbocycles. The van der Waals surface area contributed by atoms with E-state index in [-0.39, 0.29) is 40.9 Å². The highest BCUT2D eigenvalue weighted by molar-refractivity contribution is 7.89. The molecule has 0 saturated heterocycles. The lowest BCUT2D eigenvalue weighted by Gasteiger charge is -2.38. The number of methoxy groups -OCH3 is 3. The molecule has 2 aliphatic heterocycles. The number of hydrogen-bond donors (Lipinski definition) is 0. The van der Waals surface area contributed by atoms with Crippen molar-refractivity contribution in [3.05, 3.63) is 65.6 Å². The molecule has 2 aromatic carbocycles. The van der Waals surface area contributed by atoms with Gasteiger partial charge in [-0.3, -0.25) is 4.79 Å². The van der Waals surface area contributed by atoms with Gasteiger partial charge in [-0.05, 0) is 18.1 Å². The van der Waals surface area contributed by atoms with Gasteiger partial charge >= 0.3 is 5.97 Å². The van der Waals surface area contributed by atoms with Crippen LogP contribution in [0.5, 0.6) is 11.5 Å². The molecule has 0 fully saturated rings. The van der Waals surface area contributed by atoms with Crippen LogP contribution in [0.1, 0.15) is 15.9 Å². The summed E-state index contributed by atoms with van der Waals surface area (Å²) in [5.74, 6) is -1.34. The lowest BCUT2D eigenvalue weighted by molar-refractivity contribution is -0.144. The Morgan fingerprint density at radius 2 is 1.79 bits per heavy atom. The van der Waals surface area contributed by atoms with E-state index in [1.807, 2.05) is 6.07 Å². The molecule has 0 bridgehead atoms. The Morgan fingerprint density at radius 1 is 1.12 bits per heavy atom. The number of ketones is 1. The van der Waals surface area contributed by atoms with E-state index in [0.717, 1.165) is 17.0 Å². The maximum absolute atomic E-state index is 14.0. The van der Waals surface area contributed by atoms with Crippen LogP contribution in [0.4, 0.5) is 0 Å². The van der Waals surface area contributed by atoms with E-state index in [4.69, 9.17) is 23.7 Å². The number of carbonyl (C=O) groups excluding carboxylic acids is 2. The highest BCUT2D eigenvalue weighted by atomic mass is 32.2. The highest BCUT2D eigenvalue weighted by Crippen LogP contribution is 2.41. The standard InChI is InChI=1S/C23H23NO9S/c1-29-17-10-15-20(11-18(17)30-2)34(27,28)24(21(22(15)25)23(26)31-3)16(19-12-32-13-33-19)9-14-7-5-4-6-8-14/h4-8,10-12,16,21H,9,13H2,1-3H3. The number of carbonyl (C=O) groups is 2. The number of rotatable bonds is 7. The number of hydrogen-bond acceptors (Lipinski definition) is 9. The van der Waals surface area contributed by atoms with E-state index in [1.165, 1.54) is 32.6 Å². The number of nitrogens with zero attached hydrogens (tertiary/aromatic N) is 1. The predicted molar refractivity (Wildman–Crippen MR) is 118 cm³/mol. The molecule has 2 heterocycles. The second-order valence-electron chi connectivity index (χ2n) is 7.48. The second-order valence-corrected chi connectivity index (χ2v) is 9.29. The van der Waals surface area contributed by atoms with Crippen LogP contribution in [0.3, 0.4) is 0 Å². The minimum atomic E-state index is -4.43. The molecule has 2 aromatic rings. The Hall–Kier alpha value is -3.57. The summed E-state index contributed by atoms with van der Waals surface area (Å²) in [5.41, 5.74) is 0.564. The van der Waals surface area contributed by atoms with Crippen LogP contribution in [0, 0.1) is 0 Å². The van der Waals surface area contributed by atoms with E-state index >= 15 is 0 Å². The zero-order chi connectivity index (χ0) is 24.5. The normalized spacial score (nSPS) is 19.8. The fraction of sp³-hybridized carbons (Fsp3) is 0.304. The van der Waals surface area contributed by atoms with Crippen LogP contribution in [-0.4, -0.2) is 64.7 Å². The number of sulfonamides is 1. The van der Waals surface area contributed by atoms with Crippen LogP contribution >= 0.6 is 0 Å². The molecular formula is C23H23NO9S. The molecule has 34 heavy (non-hydrogen) atoms. The Balaban J connectivity index is 1.94. The number of ether oxygens (including phenoxy) is 5. The smallest absolute Gasteiger partial charge is 0.332 e. The molecule has 11 heteroatoms. The van der Waals surface area contributed by atoms with Crippen molar-refractivity contribution in [1.82, 2.24) is 4.31 Å². The number of benzene rings is 2. The predicted octanol–water partition coefficient (Wildman–Crippen LogP) is 1.89. The van der Waals surface area contributed by atoms with Gasteiger partial charge in [0.05, 0.1) is 32.3 Å². The van der Waals surface area contributed by atoms with E-state index in [9.17, 15) is 18.0 Å². The van der Waals surface area contributed by atoms with Crippen molar-refractivity contribution in [3.63, 3.8) is 0 Å². The lowest BCUT2D eigenvalue weighted by atomic mass is 9.99. The first-order valence-corrected chi connectivity index (χ1v) is 11.7. The zero-order valence-corrected chi connectivity index (χ0v) is 19.5. The zero-order valence-electron chi connectivity index (χ0n) is 18.7. The Bertz CT molecular complexity index is 1240. The van der Waals surface area contributed by atoms with E-state index < -0.39 is 33.9 Å². The number of esters is 1. The molecule has 0 radical (unpaired) electrons. The molecule has 2 unspecified atom stereocenters. The van der Waals surface area contributed by atoms with Gasteiger partial charge in [0.25, 0.3) is 0 Å². The van der Waals surface area contributed by atoms with Crippen molar-refractivity contribution in [2.24, 2.45) is 0 Å². The minimum absolute atomic E-state index is 0.110. The summed E-state index contributed by atoms with van der Waals surface area (Å²) >= 11 is 0. The molecule has 2 aliphatic rings. The van der Waals surface area contributed by atoms with Crippen molar-refractivity contribution >= 4 is 21.8 Å². The molecule has 0 amide bonds. The van der Waals surface area contributed by atoms with E-state index in [0.29, 0.717) is 0 Å². The largest absolute Gasteiger partial charge is 0.493 e. The van der Waals surface area contributed by atoms with Gasteiger partial charge in [-0.15, -0.1) is 0 Å². The van der Waals surface area contributed by atoms with Crippen LogP contribution in [0.2, 0.25) is 0 Å². The van der Waals surface area contributed by atoms with Gasteiger partial charge in [0.15, 0.2) is 29.1 Å². The fourth-order valence-electron chi connectivity index (χ4n) is 4.03. The van der Waals surface area contributed by atoms with Gasteiger partial charge in [-0.2, -0.15) is 4.31 Å². The van der Waals surface area contributed by atoms with Gasteiger partial charge in [0.1, 0.15) is 6.26 Å². The topological polar surface area (TPSA) is 118 Å². The SMILES string of the molecule is COC(=O)C1C(=O)c2cc(OC)c(OC)cc2S(=O)(=O)N1C(Cc1ccccc1)C1=COCO1. The first-order chi connectivity index (χ1) is 16.3. The summed E-state index contributed by atoms with van der Waals surface area (Å²) in [6.45, 7) is -0.118. The van der Waals surface area contributed by atoms with E-state index in [1.54, 1.807) is 24.3 Å². The van der Waals surface area contributed by atoms with Crippen molar-refractivity contribution in [1.29, 1.82) is 0 Å². The van der Waals surface area contributed by atoms with E-state index in [2.05, 4.69) is 0 Å². The molecule has 2 atom stereocenters. The molecule has 0 spiro atoms. The summed E-state index contributed by atoms with van der Waals surface area (Å²) in [4.78, 5) is 26.1. The molecule has 180 valence electrons. The van der Waals surface area contributed by atoms with Crippen LogP contribution < -0.4 is 9.47 Å². The third-order valence-corrected chi connectivity index (χ3v) is 7.55. The first-order valence-electron chi connectivity index (χ1n) is 10.2. The van der Waals surface area contributed by atoms with Gasteiger partial charge < -0.3 is 23.7 Å². The maximum Gasteiger partial charge on any atom is 0.332 e. The third-order valence-electron chi connectivity index (χ3n) is 5.63. The van der Waals surface area contributed by atoms with Gasteiger partial charge in [0, 0.05) is 11.6 Å². The lowest BCUT2D eigenvalue weighted by Crippen LogP contribution is -2.58. The third kappa shape index (κ3) is 3.97. The molecular weight excluding hydrogens is 466 g/mol. The van der Waals surface area contributed by atoms with Crippen molar-refractivity contribution in [3.8, 4) is 11.5 Å². The summed E-state index contributed by atoms with van der Waals surface area (Å²) in [7, 11) is -0.639. The minimum Gasteiger partial charge on any atom is -0.493 e. The summed E-state index contributed by atoms with van der Waals surface area (Å²) in [5, 5.41) is 0. The fourth-order valence-corrected chi connectivity index (χ4v) is 5.93. The van der Waals surface area contributed by atoms with Crippen LogP contribution in [0.25, 0.3) is 0 Å². The van der Waals surface area contributed by atoms with Crippen molar-refractivity contribution in [2.75, 3.05) is 28.1 Å². The molecule has 0 aromatic heterocycles. The maximum atomic E-state index is 14.0. The molecule has 10 nitrogen and oxygen atoms in total. The van der Waals surface area contributed by atoms with Gasteiger partial charge in [-0.25, -0.2) is 13.2 Å². The van der Waals surface area contributed by atoms with Crippen LogP contribution in [0.15, 0.2) is 59.4 Å². The van der Waals surface area contributed by atoms with Gasteiger partial charge in [0.2, 0.25) is 16.8 Å². The Morgan fingerprint density at radius 3 is 2.38 bits per heavy atom. The molecule has 0 saturated carbocycles. The highest BCUT2D eigenvalue weighted by Gasteiger charge is 2.53.